The van der Waals surface area contributed by atoms with Crippen molar-refractivity contribution in [1.82, 2.24) is 9.62 Å². The third kappa shape index (κ3) is 4.70. The molecule has 1 amide bonds. The molecule has 6 nitrogen and oxygen atoms in total. The van der Waals surface area contributed by atoms with E-state index < -0.39 is 10.0 Å². The van der Waals surface area contributed by atoms with Crippen LogP contribution in [0.4, 0.5) is 0 Å². The van der Waals surface area contributed by atoms with Gasteiger partial charge in [0.2, 0.25) is 15.9 Å². The van der Waals surface area contributed by atoms with E-state index in [0.717, 1.165) is 10.0 Å². The first-order valence-corrected chi connectivity index (χ1v) is 10.4. The van der Waals surface area contributed by atoms with Crippen LogP contribution in [0.5, 0.6) is 0 Å². The molecule has 1 aliphatic heterocycles. The average molecular weight is 439 g/mol. The van der Waals surface area contributed by atoms with Gasteiger partial charge in [0.25, 0.3) is 0 Å². The normalized spacial score (nSPS) is 17.9. The summed E-state index contributed by atoms with van der Waals surface area (Å²) in [6.45, 7) is 0.996. The van der Waals surface area contributed by atoms with E-state index in [1.807, 2.05) is 30.3 Å². The minimum atomic E-state index is -3.73. The molecule has 2 aromatic carbocycles. The second-order valence-electron chi connectivity index (χ2n) is 5.89. The van der Waals surface area contributed by atoms with Gasteiger partial charge in [-0.2, -0.15) is 0 Å². The Hall–Kier alpha value is -1.74. The number of ether oxygens (including phenoxy) is 1. The highest BCUT2D eigenvalue weighted by Gasteiger charge is 2.26. The largest absolute Gasteiger partial charge is 0.370 e. The number of amides is 1. The number of nitrogens with one attached hydrogen (secondary N) is 1. The summed E-state index contributed by atoms with van der Waals surface area (Å²) in [4.78, 5) is 14.2. The van der Waals surface area contributed by atoms with Crippen molar-refractivity contribution in [3.05, 3.63) is 64.6 Å². The second kappa shape index (κ2) is 8.30. The van der Waals surface area contributed by atoms with Crippen molar-refractivity contribution in [2.24, 2.45) is 0 Å². The van der Waals surface area contributed by atoms with Crippen molar-refractivity contribution in [3.63, 3.8) is 0 Å². The molecule has 0 bridgehead atoms. The highest BCUT2D eigenvalue weighted by atomic mass is 79.9. The number of benzene rings is 2. The molecule has 1 unspecified atom stereocenters. The molecule has 26 heavy (non-hydrogen) atoms. The summed E-state index contributed by atoms with van der Waals surface area (Å²) >= 11 is 3.26. The lowest BCUT2D eigenvalue weighted by molar-refractivity contribution is -0.137. The maximum Gasteiger partial charge on any atom is 0.241 e. The van der Waals surface area contributed by atoms with Crippen LogP contribution < -0.4 is 4.72 Å². The molecule has 3 rings (SSSR count). The summed E-state index contributed by atoms with van der Waals surface area (Å²) < 4.78 is 33.5. The third-order valence-electron chi connectivity index (χ3n) is 4.13. The summed E-state index contributed by atoms with van der Waals surface area (Å²) in [6.07, 6.45) is -0.197. The van der Waals surface area contributed by atoms with Gasteiger partial charge in [0, 0.05) is 11.0 Å². The molecule has 138 valence electrons. The standard InChI is InChI=1S/C18H19BrN2O4S/c19-15-6-8-16(9-7-15)26(23,24)20-12-18(22)21-10-11-25-17(13-21)14-4-2-1-3-5-14/h1-9,17,20H,10-13H2. The van der Waals surface area contributed by atoms with Gasteiger partial charge in [-0.3, -0.25) is 4.79 Å². The molecular weight excluding hydrogens is 420 g/mol. The van der Waals surface area contributed by atoms with E-state index in [-0.39, 0.29) is 23.5 Å². The molecule has 1 aliphatic rings. The van der Waals surface area contributed by atoms with Crippen molar-refractivity contribution < 1.29 is 17.9 Å². The molecule has 0 aliphatic carbocycles. The minimum Gasteiger partial charge on any atom is -0.370 e. The molecule has 0 radical (unpaired) electrons. The number of carbonyl (C=O) groups excluding carboxylic acids is 1. The topological polar surface area (TPSA) is 75.7 Å². The Kier molecular flexibility index (Phi) is 6.08. The van der Waals surface area contributed by atoms with E-state index in [1.54, 1.807) is 17.0 Å². The Balaban J connectivity index is 1.60. The fourth-order valence-corrected chi connectivity index (χ4v) is 3.95. The van der Waals surface area contributed by atoms with E-state index in [2.05, 4.69) is 20.7 Å². The van der Waals surface area contributed by atoms with Gasteiger partial charge in [0.15, 0.2) is 0 Å². The fraction of sp³-hybridized carbons (Fsp3) is 0.278. The Morgan fingerprint density at radius 1 is 1.15 bits per heavy atom. The molecule has 1 N–H and O–H groups in total. The lowest BCUT2D eigenvalue weighted by atomic mass is 10.1. The van der Waals surface area contributed by atoms with Crippen molar-refractivity contribution in [2.45, 2.75) is 11.0 Å². The molecule has 2 aromatic rings. The van der Waals surface area contributed by atoms with Gasteiger partial charge in [-0.15, -0.1) is 0 Å². The Bertz CT molecular complexity index is 857. The van der Waals surface area contributed by atoms with Crippen molar-refractivity contribution in [1.29, 1.82) is 0 Å². The van der Waals surface area contributed by atoms with E-state index in [1.165, 1.54) is 12.1 Å². The van der Waals surface area contributed by atoms with E-state index in [9.17, 15) is 13.2 Å². The zero-order chi connectivity index (χ0) is 18.6. The molecule has 1 fully saturated rings. The van der Waals surface area contributed by atoms with Crippen molar-refractivity contribution in [3.8, 4) is 0 Å². The lowest BCUT2D eigenvalue weighted by Crippen LogP contribution is -2.46. The first-order valence-electron chi connectivity index (χ1n) is 8.15. The SMILES string of the molecule is O=C(CNS(=O)(=O)c1ccc(Br)cc1)N1CCOC(c2ccccc2)C1. The molecule has 1 atom stereocenters. The molecule has 1 saturated heterocycles. The first-order chi connectivity index (χ1) is 12.5. The van der Waals surface area contributed by atoms with Crippen LogP contribution in [0.15, 0.2) is 64.0 Å². The van der Waals surface area contributed by atoms with Crippen LogP contribution in [-0.2, 0) is 19.6 Å². The predicted octanol–water partition coefficient (Wildman–Crippen LogP) is 2.33. The van der Waals surface area contributed by atoms with Crippen LogP contribution in [0.3, 0.4) is 0 Å². The number of morpholine rings is 1. The van der Waals surface area contributed by atoms with Crippen LogP contribution in [0, 0.1) is 0 Å². The number of rotatable bonds is 5. The van der Waals surface area contributed by atoms with Gasteiger partial charge < -0.3 is 9.64 Å². The summed E-state index contributed by atoms with van der Waals surface area (Å²) in [5.74, 6) is -0.269. The number of hydrogen-bond donors (Lipinski definition) is 1. The highest BCUT2D eigenvalue weighted by molar-refractivity contribution is 9.10. The second-order valence-corrected chi connectivity index (χ2v) is 8.57. The smallest absolute Gasteiger partial charge is 0.241 e. The maximum atomic E-state index is 12.4. The number of halogens is 1. The molecular formula is C18H19BrN2O4S. The molecule has 1 heterocycles. The van der Waals surface area contributed by atoms with Crippen LogP contribution in [0.1, 0.15) is 11.7 Å². The molecule has 8 heteroatoms. The van der Waals surface area contributed by atoms with Crippen LogP contribution in [-0.4, -0.2) is 45.5 Å². The summed E-state index contributed by atoms with van der Waals surface area (Å²) in [5.41, 5.74) is 1.00. The predicted molar refractivity (Wildman–Crippen MR) is 101 cm³/mol. The zero-order valence-electron chi connectivity index (χ0n) is 14.0. The molecule has 0 spiro atoms. The minimum absolute atomic E-state index is 0.123. The Labute approximate surface area is 161 Å². The first kappa shape index (κ1) is 19.0. The third-order valence-corrected chi connectivity index (χ3v) is 6.07. The quantitative estimate of drug-likeness (QED) is 0.776. The number of sulfonamides is 1. The Morgan fingerprint density at radius 2 is 1.85 bits per heavy atom. The average Bonchev–Trinajstić information content (AvgIpc) is 2.67. The number of hydrogen-bond acceptors (Lipinski definition) is 4. The van der Waals surface area contributed by atoms with Crippen LogP contribution in [0.2, 0.25) is 0 Å². The van der Waals surface area contributed by atoms with Crippen molar-refractivity contribution >= 4 is 31.9 Å². The highest BCUT2D eigenvalue weighted by Crippen LogP contribution is 2.22. The van der Waals surface area contributed by atoms with Gasteiger partial charge in [-0.1, -0.05) is 46.3 Å². The lowest BCUT2D eigenvalue weighted by Gasteiger charge is -2.33. The summed E-state index contributed by atoms with van der Waals surface area (Å²) in [7, 11) is -3.73. The van der Waals surface area contributed by atoms with Crippen molar-refractivity contribution in [2.75, 3.05) is 26.2 Å². The molecule has 0 saturated carbocycles. The molecule has 0 aromatic heterocycles. The van der Waals surface area contributed by atoms with Gasteiger partial charge in [0.1, 0.15) is 6.10 Å². The van der Waals surface area contributed by atoms with E-state index in [4.69, 9.17) is 4.74 Å². The summed E-state index contributed by atoms with van der Waals surface area (Å²) in [6, 6.07) is 15.9. The van der Waals surface area contributed by atoms with E-state index in [0.29, 0.717) is 19.7 Å². The number of carbonyl (C=O) groups is 1. The van der Waals surface area contributed by atoms with Gasteiger partial charge in [0.05, 0.1) is 24.6 Å². The van der Waals surface area contributed by atoms with Gasteiger partial charge in [-0.05, 0) is 29.8 Å². The van der Waals surface area contributed by atoms with Gasteiger partial charge in [-0.25, -0.2) is 13.1 Å². The monoisotopic (exact) mass is 438 g/mol. The summed E-state index contributed by atoms with van der Waals surface area (Å²) in [5, 5.41) is 0. The van der Waals surface area contributed by atoms with Crippen LogP contribution >= 0.6 is 15.9 Å². The van der Waals surface area contributed by atoms with E-state index >= 15 is 0 Å². The fourth-order valence-electron chi connectivity index (χ4n) is 2.71. The number of nitrogens with zero attached hydrogens (tertiary/aromatic N) is 1. The maximum absolute atomic E-state index is 12.4. The Morgan fingerprint density at radius 3 is 2.54 bits per heavy atom. The van der Waals surface area contributed by atoms with Crippen LogP contribution in [0.25, 0.3) is 0 Å². The van der Waals surface area contributed by atoms with Gasteiger partial charge >= 0.3 is 0 Å². The zero-order valence-corrected chi connectivity index (χ0v) is 16.4.